The first-order valence-corrected chi connectivity index (χ1v) is 8.11. The zero-order valence-electron chi connectivity index (χ0n) is 13.7. The van der Waals surface area contributed by atoms with Crippen molar-refractivity contribution in [2.45, 2.75) is 20.4 Å². The molecule has 0 saturated heterocycles. The third-order valence-corrected chi connectivity index (χ3v) is 4.46. The van der Waals surface area contributed by atoms with Crippen LogP contribution in [0.25, 0.3) is 10.2 Å². The maximum absolute atomic E-state index is 12.5. The summed E-state index contributed by atoms with van der Waals surface area (Å²) in [6.07, 6.45) is 1.27. The second kappa shape index (κ2) is 8.02. The molecule has 0 aromatic carbocycles. The van der Waals surface area contributed by atoms with Crippen LogP contribution in [0.2, 0.25) is 0 Å². The number of aromatic nitrogens is 2. The first-order valence-electron chi connectivity index (χ1n) is 7.29. The van der Waals surface area contributed by atoms with Crippen molar-refractivity contribution in [3.63, 3.8) is 0 Å². The molecule has 130 valence electrons. The quantitative estimate of drug-likeness (QED) is 0.543. The molecule has 0 aliphatic carbocycles. The monoisotopic (exact) mass is 354 g/mol. The van der Waals surface area contributed by atoms with Gasteiger partial charge in [0.1, 0.15) is 22.9 Å². The van der Waals surface area contributed by atoms with Crippen molar-refractivity contribution in [1.82, 2.24) is 9.55 Å². The molecule has 0 saturated carbocycles. The van der Waals surface area contributed by atoms with Gasteiger partial charge in [-0.05, 0) is 19.4 Å². The van der Waals surface area contributed by atoms with Crippen LogP contribution < -0.4 is 5.56 Å². The molecule has 2 rings (SSSR count). The highest BCUT2D eigenvalue weighted by Gasteiger charge is 2.20. The molecule has 8 nitrogen and oxygen atoms in total. The molecule has 0 N–H and O–H groups in total. The first-order chi connectivity index (χ1) is 11.5. The fraction of sp³-hybridized carbons (Fsp3) is 0.467. The molecule has 0 fully saturated rings. The van der Waals surface area contributed by atoms with E-state index in [1.54, 1.807) is 6.92 Å². The molecule has 0 radical (unpaired) electrons. The van der Waals surface area contributed by atoms with E-state index in [1.807, 2.05) is 6.92 Å². The topological polar surface area (TPSA) is 96.7 Å². The number of ether oxygens (including phenoxy) is 3. The van der Waals surface area contributed by atoms with Gasteiger partial charge in [0.25, 0.3) is 5.56 Å². The standard InChI is InChI=1S/C15H18N2O6S/c1-4-22-5-6-23-10(18)7-17-8-16-13-11(14(17)19)9(2)12(24-13)15(20)21-3/h8H,4-7H2,1-3H3. The number of methoxy groups -OCH3 is 1. The highest BCUT2D eigenvalue weighted by atomic mass is 32.1. The van der Waals surface area contributed by atoms with Gasteiger partial charge >= 0.3 is 11.9 Å². The van der Waals surface area contributed by atoms with Crippen molar-refractivity contribution < 1.29 is 23.8 Å². The lowest BCUT2D eigenvalue weighted by Gasteiger charge is -2.07. The number of carbonyl (C=O) groups is 2. The van der Waals surface area contributed by atoms with Crippen molar-refractivity contribution in [3.8, 4) is 0 Å². The maximum atomic E-state index is 12.5. The summed E-state index contributed by atoms with van der Waals surface area (Å²) in [6.45, 7) is 4.21. The summed E-state index contributed by atoms with van der Waals surface area (Å²) in [4.78, 5) is 40.9. The van der Waals surface area contributed by atoms with Gasteiger partial charge < -0.3 is 14.2 Å². The maximum Gasteiger partial charge on any atom is 0.348 e. The van der Waals surface area contributed by atoms with Gasteiger partial charge in [0.15, 0.2) is 0 Å². The normalized spacial score (nSPS) is 10.8. The molecule has 0 atom stereocenters. The zero-order valence-corrected chi connectivity index (χ0v) is 14.5. The van der Waals surface area contributed by atoms with Crippen LogP contribution in [0.5, 0.6) is 0 Å². The van der Waals surface area contributed by atoms with E-state index < -0.39 is 17.5 Å². The molecule has 2 aromatic rings. The second-order valence-corrected chi connectivity index (χ2v) is 5.82. The number of nitrogens with zero attached hydrogens (tertiary/aromatic N) is 2. The Kier molecular flexibility index (Phi) is 6.04. The Balaban J connectivity index is 2.22. The number of rotatable bonds is 7. The summed E-state index contributed by atoms with van der Waals surface area (Å²) >= 11 is 1.09. The van der Waals surface area contributed by atoms with Crippen molar-refractivity contribution in [1.29, 1.82) is 0 Å². The van der Waals surface area contributed by atoms with E-state index in [4.69, 9.17) is 14.2 Å². The van der Waals surface area contributed by atoms with E-state index in [-0.39, 0.29) is 13.2 Å². The lowest BCUT2D eigenvalue weighted by molar-refractivity contribution is -0.145. The third-order valence-electron chi connectivity index (χ3n) is 3.28. The van der Waals surface area contributed by atoms with Crippen LogP contribution >= 0.6 is 11.3 Å². The van der Waals surface area contributed by atoms with E-state index in [0.29, 0.717) is 33.9 Å². The van der Waals surface area contributed by atoms with E-state index in [2.05, 4.69) is 4.98 Å². The molecular weight excluding hydrogens is 336 g/mol. The van der Waals surface area contributed by atoms with Gasteiger partial charge in [-0.1, -0.05) is 0 Å². The van der Waals surface area contributed by atoms with E-state index in [9.17, 15) is 14.4 Å². The number of fused-ring (bicyclic) bond motifs is 1. The largest absolute Gasteiger partial charge is 0.465 e. The van der Waals surface area contributed by atoms with Crippen LogP contribution in [0, 0.1) is 6.92 Å². The smallest absolute Gasteiger partial charge is 0.348 e. The molecule has 0 spiro atoms. The molecular formula is C15H18N2O6S. The van der Waals surface area contributed by atoms with Crippen LogP contribution in [0.15, 0.2) is 11.1 Å². The number of hydrogen-bond acceptors (Lipinski definition) is 8. The lowest BCUT2D eigenvalue weighted by atomic mass is 10.2. The lowest BCUT2D eigenvalue weighted by Crippen LogP contribution is -2.26. The Morgan fingerprint density at radius 2 is 2.08 bits per heavy atom. The summed E-state index contributed by atoms with van der Waals surface area (Å²) in [7, 11) is 1.27. The van der Waals surface area contributed by atoms with E-state index in [1.165, 1.54) is 13.4 Å². The van der Waals surface area contributed by atoms with Crippen molar-refractivity contribution in [3.05, 3.63) is 27.1 Å². The number of carbonyl (C=O) groups excluding carboxylic acids is 2. The minimum atomic E-state index is -0.556. The molecule has 2 heterocycles. The Morgan fingerprint density at radius 1 is 1.33 bits per heavy atom. The highest BCUT2D eigenvalue weighted by molar-refractivity contribution is 7.20. The zero-order chi connectivity index (χ0) is 17.7. The minimum Gasteiger partial charge on any atom is -0.465 e. The molecule has 0 bridgehead atoms. The molecule has 0 unspecified atom stereocenters. The summed E-state index contributed by atoms with van der Waals surface area (Å²) < 4.78 is 15.9. The Labute approximate surface area is 142 Å². The predicted octanol–water partition coefficient (Wildman–Crippen LogP) is 1.13. The number of thiophene rings is 1. The van der Waals surface area contributed by atoms with Crippen molar-refractivity contribution in [2.24, 2.45) is 0 Å². The SMILES string of the molecule is CCOCCOC(=O)Cn1cnc2sc(C(=O)OC)c(C)c2c1=O. The second-order valence-electron chi connectivity index (χ2n) is 4.82. The van der Waals surface area contributed by atoms with Gasteiger partial charge in [0.2, 0.25) is 0 Å². The van der Waals surface area contributed by atoms with Crippen LogP contribution in [0.1, 0.15) is 22.2 Å². The third kappa shape index (κ3) is 3.80. The van der Waals surface area contributed by atoms with Gasteiger partial charge in [-0.3, -0.25) is 14.2 Å². The molecule has 0 aliphatic heterocycles. The number of hydrogen-bond donors (Lipinski definition) is 0. The van der Waals surface area contributed by atoms with E-state index in [0.717, 1.165) is 15.9 Å². The minimum absolute atomic E-state index is 0.126. The fourth-order valence-corrected chi connectivity index (χ4v) is 3.16. The summed E-state index contributed by atoms with van der Waals surface area (Å²) in [5.74, 6) is -1.07. The van der Waals surface area contributed by atoms with E-state index >= 15 is 0 Å². The molecule has 9 heteroatoms. The van der Waals surface area contributed by atoms with Gasteiger partial charge in [-0.25, -0.2) is 9.78 Å². The summed E-state index contributed by atoms with van der Waals surface area (Å²) in [5, 5.41) is 0.310. The predicted molar refractivity (Wildman–Crippen MR) is 87.4 cm³/mol. The number of esters is 2. The van der Waals surface area contributed by atoms with Gasteiger partial charge in [0, 0.05) is 6.61 Å². The summed E-state index contributed by atoms with van der Waals surface area (Å²) in [6, 6.07) is 0. The van der Waals surface area contributed by atoms with Crippen molar-refractivity contribution >= 4 is 33.5 Å². The number of aryl methyl sites for hydroxylation is 1. The Bertz CT molecular complexity index is 810. The molecule has 0 amide bonds. The fourth-order valence-electron chi connectivity index (χ4n) is 2.10. The molecule has 2 aromatic heterocycles. The van der Waals surface area contributed by atoms with Crippen LogP contribution in [-0.2, 0) is 25.5 Å². The van der Waals surface area contributed by atoms with Gasteiger partial charge in [-0.15, -0.1) is 11.3 Å². The Hall–Kier alpha value is -2.26. The van der Waals surface area contributed by atoms with Gasteiger partial charge in [-0.2, -0.15) is 0 Å². The van der Waals surface area contributed by atoms with Gasteiger partial charge in [0.05, 0.1) is 25.4 Å². The molecule has 0 aliphatic rings. The Morgan fingerprint density at radius 3 is 2.75 bits per heavy atom. The van der Waals surface area contributed by atoms with Crippen LogP contribution in [0.3, 0.4) is 0 Å². The summed E-state index contributed by atoms with van der Waals surface area (Å²) in [5.41, 5.74) is 0.101. The van der Waals surface area contributed by atoms with Crippen molar-refractivity contribution in [2.75, 3.05) is 26.9 Å². The average molecular weight is 354 g/mol. The molecule has 24 heavy (non-hydrogen) atoms. The average Bonchev–Trinajstić information content (AvgIpc) is 2.91. The van der Waals surface area contributed by atoms with Crippen LogP contribution in [0.4, 0.5) is 0 Å². The first kappa shape index (κ1) is 18.1. The van der Waals surface area contributed by atoms with Crippen LogP contribution in [-0.4, -0.2) is 48.4 Å². The highest BCUT2D eigenvalue weighted by Crippen LogP contribution is 2.27.